The van der Waals surface area contributed by atoms with Crippen molar-refractivity contribution in [1.29, 1.82) is 0 Å². The fraction of sp³-hybridized carbons (Fsp3) is 0.462. The molecule has 1 saturated heterocycles. The first-order chi connectivity index (χ1) is 9.36. The Balaban J connectivity index is 1.90. The molecule has 1 fully saturated rings. The van der Waals surface area contributed by atoms with Crippen molar-refractivity contribution in [3.63, 3.8) is 0 Å². The fourth-order valence-corrected chi connectivity index (χ4v) is 3.02. The summed E-state index contributed by atoms with van der Waals surface area (Å²) in [6.07, 6.45) is 1.51. The van der Waals surface area contributed by atoms with Crippen LogP contribution in [-0.4, -0.2) is 56.0 Å². The van der Waals surface area contributed by atoms with E-state index in [0.717, 1.165) is 5.56 Å². The molecule has 1 aromatic rings. The van der Waals surface area contributed by atoms with Gasteiger partial charge in [0.15, 0.2) is 0 Å². The van der Waals surface area contributed by atoms with E-state index in [-0.39, 0.29) is 5.91 Å². The van der Waals surface area contributed by atoms with E-state index < -0.39 is 10.0 Å². The van der Waals surface area contributed by atoms with Crippen molar-refractivity contribution in [3.05, 3.63) is 29.8 Å². The van der Waals surface area contributed by atoms with Gasteiger partial charge in [0.1, 0.15) is 0 Å². The number of hydrogen-bond acceptors (Lipinski definition) is 4. The molecule has 0 aliphatic carbocycles. The summed E-state index contributed by atoms with van der Waals surface area (Å²) in [5.74, 6) is 0.0166. The number of carbonyl (C=O) groups is 1. The smallest absolute Gasteiger partial charge is 0.227 e. The molecule has 1 aliphatic rings. The van der Waals surface area contributed by atoms with Crippen molar-refractivity contribution in [2.75, 3.05) is 38.2 Å². The van der Waals surface area contributed by atoms with Gasteiger partial charge in [-0.2, -0.15) is 4.31 Å². The van der Waals surface area contributed by atoms with Gasteiger partial charge in [0.25, 0.3) is 0 Å². The van der Waals surface area contributed by atoms with Crippen LogP contribution in [0.1, 0.15) is 5.56 Å². The Labute approximate surface area is 119 Å². The van der Waals surface area contributed by atoms with Gasteiger partial charge in [0.05, 0.1) is 12.7 Å². The van der Waals surface area contributed by atoms with Crippen LogP contribution < -0.4 is 5.73 Å². The number of sulfonamides is 1. The number of hydrogen-bond donors (Lipinski definition) is 1. The summed E-state index contributed by atoms with van der Waals surface area (Å²) in [7, 11) is -3.16. The summed E-state index contributed by atoms with van der Waals surface area (Å²) in [6, 6.07) is 7.20. The number of piperazine rings is 1. The molecule has 110 valence electrons. The Hall–Kier alpha value is -1.60. The molecule has 6 nitrogen and oxygen atoms in total. The highest BCUT2D eigenvalue weighted by Crippen LogP contribution is 2.10. The normalized spacial score (nSPS) is 17.1. The second-order valence-electron chi connectivity index (χ2n) is 4.96. The molecule has 1 heterocycles. The molecule has 1 aliphatic heterocycles. The van der Waals surface area contributed by atoms with E-state index in [1.807, 2.05) is 12.1 Å². The minimum Gasteiger partial charge on any atom is -0.399 e. The van der Waals surface area contributed by atoms with Gasteiger partial charge >= 0.3 is 0 Å². The van der Waals surface area contributed by atoms with Crippen LogP contribution in [0.3, 0.4) is 0 Å². The first-order valence-electron chi connectivity index (χ1n) is 6.43. The van der Waals surface area contributed by atoms with Crippen molar-refractivity contribution >= 4 is 21.6 Å². The van der Waals surface area contributed by atoms with Gasteiger partial charge < -0.3 is 10.6 Å². The monoisotopic (exact) mass is 297 g/mol. The second-order valence-corrected chi connectivity index (χ2v) is 6.94. The lowest BCUT2D eigenvalue weighted by Crippen LogP contribution is -2.50. The number of amides is 1. The number of rotatable bonds is 3. The molecule has 0 saturated carbocycles. The highest BCUT2D eigenvalue weighted by atomic mass is 32.2. The highest BCUT2D eigenvalue weighted by Gasteiger charge is 2.25. The number of carbonyl (C=O) groups excluding carboxylic acids is 1. The SMILES string of the molecule is CS(=O)(=O)N1CCN(C(=O)Cc2ccc(N)cc2)CC1. The topological polar surface area (TPSA) is 83.7 Å². The minimum absolute atomic E-state index is 0.0166. The molecule has 2 N–H and O–H groups in total. The third-order valence-corrected chi connectivity index (χ3v) is 4.70. The summed E-state index contributed by atoms with van der Waals surface area (Å²) in [5, 5.41) is 0. The van der Waals surface area contributed by atoms with Crippen LogP contribution in [0.15, 0.2) is 24.3 Å². The maximum absolute atomic E-state index is 12.1. The van der Waals surface area contributed by atoms with Crippen LogP contribution in [0.2, 0.25) is 0 Å². The van der Waals surface area contributed by atoms with Crippen LogP contribution in [0.5, 0.6) is 0 Å². The van der Waals surface area contributed by atoms with E-state index in [1.54, 1.807) is 17.0 Å². The molecule has 0 unspecified atom stereocenters. The third kappa shape index (κ3) is 3.71. The zero-order valence-electron chi connectivity index (χ0n) is 11.4. The summed E-state index contributed by atoms with van der Waals surface area (Å²) in [5.41, 5.74) is 7.18. The zero-order chi connectivity index (χ0) is 14.8. The first kappa shape index (κ1) is 14.8. The molecule has 1 aromatic carbocycles. The van der Waals surface area contributed by atoms with Gasteiger partial charge in [-0.05, 0) is 17.7 Å². The molecule has 0 atom stereocenters. The largest absolute Gasteiger partial charge is 0.399 e. The summed E-state index contributed by atoms with van der Waals surface area (Å²) >= 11 is 0. The average Bonchev–Trinajstić information content (AvgIpc) is 2.40. The van der Waals surface area contributed by atoms with E-state index in [9.17, 15) is 13.2 Å². The number of benzene rings is 1. The van der Waals surface area contributed by atoms with Gasteiger partial charge in [-0.25, -0.2) is 8.42 Å². The average molecular weight is 297 g/mol. The van der Waals surface area contributed by atoms with Gasteiger partial charge in [0.2, 0.25) is 15.9 Å². The van der Waals surface area contributed by atoms with Crippen molar-refractivity contribution in [1.82, 2.24) is 9.21 Å². The third-order valence-electron chi connectivity index (χ3n) is 3.40. The molecule has 2 rings (SSSR count). The van der Waals surface area contributed by atoms with Crippen molar-refractivity contribution < 1.29 is 13.2 Å². The Morgan fingerprint density at radius 2 is 1.70 bits per heavy atom. The van der Waals surface area contributed by atoms with Crippen molar-refractivity contribution in [2.45, 2.75) is 6.42 Å². The lowest BCUT2D eigenvalue weighted by Gasteiger charge is -2.33. The molecule has 7 heteroatoms. The molecular weight excluding hydrogens is 278 g/mol. The number of nitrogens with two attached hydrogens (primary N) is 1. The maximum atomic E-state index is 12.1. The maximum Gasteiger partial charge on any atom is 0.227 e. The zero-order valence-corrected chi connectivity index (χ0v) is 12.3. The minimum atomic E-state index is -3.16. The van der Waals surface area contributed by atoms with Gasteiger partial charge in [-0.1, -0.05) is 12.1 Å². The molecule has 0 aromatic heterocycles. The number of nitrogen functional groups attached to an aromatic ring is 1. The van der Waals surface area contributed by atoms with E-state index in [2.05, 4.69) is 0 Å². The van der Waals surface area contributed by atoms with Crippen LogP contribution in [-0.2, 0) is 21.2 Å². The van der Waals surface area contributed by atoms with Crippen LogP contribution in [0.4, 0.5) is 5.69 Å². The highest BCUT2D eigenvalue weighted by molar-refractivity contribution is 7.88. The Morgan fingerprint density at radius 1 is 1.15 bits per heavy atom. The van der Waals surface area contributed by atoms with E-state index in [1.165, 1.54) is 10.6 Å². The van der Waals surface area contributed by atoms with Gasteiger partial charge in [-0.3, -0.25) is 4.79 Å². The van der Waals surface area contributed by atoms with E-state index in [4.69, 9.17) is 5.73 Å². The number of nitrogens with zero attached hydrogens (tertiary/aromatic N) is 2. The standard InChI is InChI=1S/C13H19N3O3S/c1-20(18,19)16-8-6-15(7-9-16)13(17)10-11-2-4-12(14)5-3-11/h2-5H,6-10,14H2,1H3. The molecule has 0 bridgehead atoms. The molecular formula is C13H19N3O3S. The van der Waals surface area contributed by atoms with Crippen molar-refractivity contribution in [2.24, 2.45) is 0 Å². The van der Waals surface area contributed by atoms with Crippen LogP contribution in [0.25, 0.3) is 0 Å². The Kier molecular flexibility index (Phi) is 4.29. The first-order valence-corrected chi connectivity index (χ1v) is 8.28. The molecule has 1 amide bonds. The van der Waals surface area contributed by atoms with Gasteiger partial charge in [-0.15, -0.1) is 0 Å². The Morgan fingerprint density at radius 3 is 2.20 bits per heavy atom. The van der Waals surface area contributed by atoms with E-state index in [0.29, 0.717) is 38.3 Å². The molecule has 0 spiro atoms. The van der Waals surface area contributed by atoms with Crippen LogP contribution >= 0.6 is 0 Å². The quantitative estimate of drug-likeness (QED) is 0.791. The second kappa shape index (κ2) is 5.80. The lowest BCUT2D eigenvalue weighted by atomic mass is 10.1. The predicted octanol–water partition coefficient (Wildman–Crippen LogP) is -0.0849. The van der Waals surface area contributed by atoms with Gasteiger partial charge in [0, 0.05) is 31.9 Å². The van der Waals surface area contributed by atoms with Crippen LogP contribution in [0, 0.1) is 0 Å². The number of anilines is 1. The Bertz CT molecular complexity index is 575. The van der Waals surface area contributed by atoms with Crippen molar-refractivity contribution in [3.8, 4) is 0 Å². The summed E-state index contributed by atoms with van der Waals surface area (Å²) in [4.78, 5) is 13.8. The van der Waals surface area contributed by atoms with E-state index >= 15 is 0 Å². The summed E-state index contributed by atoms with van der Waals surface area (Å²) in [6.45, 7) is 1.63. The lowest BCUT2D eigenvalue weighted by molar-refractivity contribution is -0.131. The molecule has 0 radical (unpaired) electrons. The summed E-state index contributed by atoms with van der Waals surface area (Å²) < 4.78 is 24.2. The molecule has 20 heavy (non-hydrogen) atoms. The predicted molar refractivity (Wildman–Crippen MR) is 77.6 cm³/mol. The fourth-order valence-electron chi connectivity index (χ4n) is 2.19.